The second kappa shape index (κ2) is 7.56. The van der Waals surface area contributed by atoms with Crippen LogP contribution >= 0.6 is 0 Å². The first kappa shape index (κ1) is 15.2. The Morgan fingerprint density at radius 2 is 2.06 bits per heavy atom. The summed E-state index contributed by atoms with van der Waals surface area (Å²) in [6.07, 6.45) is 1.69. The molecule has 0 aliphatic rings. The highest BCUT2D eigenvalue weighted by molar-refractivity contribution is 5.02. The molecule has 1 aromatic rings. The predicted molar refractivity (Wildman–Crippen MR) is 71.6 cm³/mol. The van der Waals surface area contributed by atoms with E-state index in [1.165, 1.54) is 0 Å². The molecule has 0 bridgehead atoms. The second-order valence-electron chi connectivity index (χ2n) is 5.26. The van der Waals surface area contributed by atoms with Gasteiger partial charge in [-0.25, -0.2) is 0 Å². The first-order valence-corrected chi connectivity index (χ1v) is 6.47. The quantitative estimate of drug-likeness (QED) is 0.725. The number of hydrogen-bond acceptors (Lipinski definition) is 4. The van der Waals surface area contributed by atoms with E-state index in [9.17, 15) is 0 Å². The van der Waals surface area contributed by atoms with Crippen LogP contribution in [0.4, 0.5) is 0 Å². The van der Waals surface area contributed by atoms with Crippen molar-refractivity contribution in [3.8, 4) is 0 Å². The lowest BCUT2D eigenvalue weighted by atomic mass is 10.2. The minimum absolute atomic E-state index is 0.0879. The van der Waals surface area contributed by atoms with Crippen molar-refractivity contribution in [3.63, 3.8) is 0 Å². The first-order chi connectivity index (χ1) is 8.49. The van der Waals surface area contributed by atoms with E-state index in [1.807, 2.05) is 32.9 Å². The van der Waals surface area contributed by atoms with Gasteiger partial charge in [0.15, 0.2) is 0 Å². The molecule has 0 amide bonds. The van der Waals surface area contributed by atoms with Gasteiger partial charge in [-0.15, -0.1) is 0 Å². The molecule has 4 nitrogen and oxygen atoms in total. The molecule has 0 radical (unpaired) electrons. The number of rotatable bonds is 8. The smallest absolute Gasteiger partial charge is 0.120 e. The summed E-state index contributed by atoms with van der Waals surface area (Å²) in [7, 11) is 0. The summed E-state index contributed by atoms with van der Waals surface area (Å²) >= 11 is 0. The molecule has 0 aromatic carbocycles. The largest absolute Gasteiger partial charge is 0.468 e. The summed E-state index contributed by atoms with van der Waals surface area (Å²) in [5, 5.41) is 3.33. The third-order valence-corrected chi connectivity index (χ3v) is 2.43. The van der Waals surface area contributed by atoms with Crippen molar-refractivity contribution in [2.24, 2.45) is 0 Å². The summed E-state index contributed by atoms with van der Waals surface area (Å²) in [5.41, 5.74) is -0.0879. The molecule has 0 aliphatic heterocycles. The molecule has 0 fully saturated rings. The Morgan fingerprint density at radius 3 is 2.67 bits per heavy atom. The zero-order chi connectivity index (χ0) is 13.4. The van der Waals surface area contributed by atoms with Crippen LogP contribution in [0, 0.1) is 0 Å². The summed E-state index contributed by atoms with van der Waals surface area (Å²) in [5.74, 6) is 0.950. The minimum atomic E-state index is -0.0879. The molecule has 0 saturated carbocycles. The van der Waals surface area contributed by atoms with Gasteiger partial charge in [-0.2, -0.15) is 0 Å². The van der Waals surface area contributed by atoms with Crippen LogP contribution in [0.1, 0.15) is 39.5 Å². The minimum Gasteiger partial charge on any atom is -0.468 e. The molecular formula is C14H25NO3. The highest BCUT2D eigenvalue weighted by Crippen LogP contribution is 2.11. The molecule has 0 aliphatic carbocycles. The molecule has 0 spiro atoms. The summed E-state index contributed by atoms with van der Waals surface area (Å²) in [4.78, 5) is 0. The van der Waals surface area contributed by atoms with Crippen molar-refractivity contribution in [1.29, 1.82) is 0 Å². The Labute approximate surface area is 110 Å². The van der Waals surface area contributed by atoms with E-state index in [4.69, 9.17) is 13.9 Å². The van der Waals surface area contributed by atoms with Crippen molar-refractivity contribution in [3.05, 3.63) is 24.2 Å². The third kappa shape index (κ3) is 6.79. The molecule has 1 rings (SSSR count). The standard InChI is InChI=1S/C14H25NO3/c1-12(13-6-5-8-17-13)15-7-9-16-10-11-18-14(2,3)4/h5-6,8,12,15H,7,9-11H2,1-4H3. The van der Waals surface area contributed by atoms with Crippen LogP contribution in [-0.2, 0) is 9.47 Å². The van der Waals surface area contributed by atoms with E-state index in [0.717, 1.165) is 12.3 Å². The van der Waals surface area contributed by atoms with Crippen LogP contribution in [0.5, 0.6) is 0 Å². The van der Waals surface area contributed by atoms with Gasteiger partial charge < -0.3 is 19.2 Å². The lowest BCUT2D eigenvalue weighted by Gasteiger charge is -2.19. The van der Waals surface area contributed by atoms with Crippen LogP contribution < -0.4 is 5.32 Å². The zero-order valence-corrected chi connectivity index (χ0v) is 11.9. The SMILES string of the molecule is CC(NCCOCCOC(C)(C)C)c1ccco1. The zero-order valence-electron chi connectivity index (χ0n) is 11.9. The van der Waals surface area contributed by atoms with Crippen LogP contribution in [0.3, 0.4) is 0 Å². The Morgan fingerprint density at radius 1 is 1.28 bits per heavy atom. The van der Waals surface area contributed by atoms with Gasteiger partial charge >= 0.3 is 0 Å². The summed E-state index contributed by atoms with van der Waals surface area (Å²) < 4.78 is 16.3. The highest BCUT2D eigenvalue weighted by atomic mass is 16.5. The van der Waals surface area contributed by atoms with Crippen LogP contribution in [-0.4, -0.2) is 32.0 Å². The maximum Gasteiger partial charge on any atom is 0.120 e. The fourth-order valence-electron chi connectivity index (χ4n) is 1.49. The lowest BCUT2D eigenvalue weighted by molar-refractivity contribution is -0.0344. The second-order valence-corrected chi connectivity index (χ2v) is 5.26. The van der Waals surface area contributed by atoms with Gasteiger partial charge in [0.2, 0.25) is 0 Å². The lowest BCUT2D eigenvalue weighted by Crippen LogP contribution is -2.25. The van der Waals surface area contributed by atoms with E-state index >= 15 is 0 Å². The van der Waals surface area contributed by atoms with Gasteiger partial charge in [0.05, 0.1) is 37.7 Å². The topological polar surface area (TPSA) is 43.6 Å². The third-order valence-electron chi connectivity index (χ3n) is 2.43. The van der Waals surface area contributed by atoms with Gasteiger partial charge in [-0.3, -0.25) is 0 Å². The average Bonchev–Trinajstić information content (AvgIpc) is 2.79. The van der Waals surface area contributed by atoms with Crippen molar-refractivity contribution >= 4 is 0 Å². The van der Waals surface area contributed by atoms with Crippen molar-refractivity contribution in [1.82, 2.24) is 5.32 Å². The molecule has 1 atom stereocenters. The Balaban J connectivity index is 1.96. The number of furan rings is 1. The highest BCUT2D eigenvalue weighted by Gasteiger charge is 2.09. The molecule has 18 heavy (non-hydrogen) atoms. The molecule has 1 aromatic heterocycles. The average molecular weight is 255 g/mol. The molecule has 4 heteroatoms. The normalized spacial score (nSPS) is 13.8. The van der Waals surface area contributed by atoms with E-state index in [2.05, 4.69) is 12.2 Å². The fraction of sp³-hybridized carbons (Fsp3) is 0.714. The Hall–Kier alpha value is -0.840. The van der Waals surface area contributed by atoms with Gasteiger partial charge in [-0.05, 0) is 39.8 Å². The van der Waals surface area contributed by atoms with Crippen LogP contribution in [0.15, 0.2) is 22.8 Å². The maximum atomic E-state index is 5.56. The molecule has 0 saturated heterocycles. The summed E-state index contributed by atoms with van der Waals surface area (Å²) in [6, 6.07) is 4.08. The predicted octanol–water partition coefficient (Wildman–Crippen LogP) is 2.76. The monoisotopic (exact) mass is 255 g/mol. The fourth-order valence-corrected chi connectivity index (χ4v) is 1.49. The van der Waals surface area contributed by atoms with Gasteiger partial charge in [0, 0.05) is 6.54 Å². The van der Waals surface area contributed by atoms with Crippen LogP contribution in [0.25, 0.3) is 0 Å². The molecule has 1 heterocycles. The first-order valence-electron chi connectivity index (χ1n) is 6.47. The molecule has 1 unspecified atom stereocenters. The van der Waals surface area contributed by atoms with Crippen LogP contribution in [0.2, 0.25) is 0 Å². The van der Waals surface area contributed by atoms with Crippen molar-refractivity contribution in [2.45, 2.75) is 39.3 Å². The summed E-state index contributed by atoms with van der Waals surface area (Å²) in [6.45, 7) is 10.9. The van der Waals surface area contributed by atoms with Gasteiger partial charge in [0.25, 0.3) is 0 Å². The van der Waals surface area contributed by atoms with E-state index < -0.39 is 0 Å². The maximum absolute atomic E-state index is 5.56. The number of ether oxygens (including phenoxy) is 2. The van der Waals surface area contributed by atoms with E-state index in [-0.39, 0.29) is 11.6 Å². The molecule has 104 valence electrons. The molecular weight excluding hydrogens is 230 g/mol. The van der Waals surface area contributed by atoms with Gasteiger partial charge in [-0.1, -0.05) is 0 Å². The Kier molecular flexibility index (Phi) is 6.39. The number of hydrogen-bond donors (Lipinski definition) is 1. The van der Waals surface area contributed by atoms with E-state index in [0.29, 0.717) is 19.8 Å². The Bertz CT molecular complexity index is 303. The van der Waals surface area contributed by atoms with E-state index in [1.54, 1.807) is 6.26 Å². The number of nitrogens with one attached hydrogen (secondary N) is 1. The van der Waals surface area contributed by atoms with Crippen molar-refractivity contribution < 1.29 is 13.9 Å². The molecule has 1 N–H and O–H groups in total. The van der Waals surface area contributed by atoms with Gasteiger partial charge in [0.1, 0.15) is 5.76 Å². The van der Waals surface area contributed by atoms with Crippen molar-refractivity contribution in [2.75, 3.05) is 26.4 Å².